The van der Waals surface area contributed by atoms with Crippen LogP contribution in [0.25, 0.3) is 0 Å². The molecule has 23 heavy (non-hydrogen) atoms. The quantitative estimate of drug-likeness (QED) is 0.753. The van der Waals surface area contributed by atoms with Crippen LogP contribution in [0.1, 0.15) is 36.9 Å². The van der Waals surface area contributed by atoms with Crippen LogP contribution in [-0.4, -0.2) is 28.7 Å². The molecular formula is C16H18BrF3N2O. The van der Waals surface area contributed by atoms with Crippen LogP contribution in [0, 0.1) is 5.92 Å². The van der Waals surface area contributed by atoms with Crippen molar-refractivity contribution in [2.24, 2.45) is 11.1 Å². The van der Waals surface area contributed by atoms with Crippen LogP contribution in [0.5, 0.6) is 0 Å². The molecule has 2 aliphatic rings. The van der Waals surface area contributed by atoms with Gasteiger partial charge < -0.3 is 4.84 Å². The third-order valence-electron chi connectivity index (χ3n) is 4.71. The van der Waals surface area contributed by atoms with E-state index in [0.29, 0.717) is 5.92 Å². The van der Waals surface area contributed by atoms with Gasteiger partial charge in [-0.15, -0.1) is 0 Å². The molecule has 0 radical (unpaired) electrons. The van der Waals surface area contributed by atoms with E-state index >= 15 is 0 Å². The molecule has 0 saturated carbocycles. The molecule has 3 rings (SSSR count). The Balaban J connectivity index is 1.61. The molecule has 1 aromatic carbocycles. The number of likely N-dealkylation sites (tertiary alicyclic amines) is 1. The highest BCUT2D eigenvalue weighted by Crippen LogP contribution is 2.34. The fourth-order valence-electron chi connectivity index (χ4n) is 3.25. The first-order valence-electron chi connectivity index (χ1n) is 7.64. The van der Waals surface area contributed by atoms with E-state index in [0.717, 1.165) is 48.2 Å². The topological polar surface area (TPSA) is 24.8 Å². The minimum Gasteiger partial charge on any atom is -0.391 e. The standard InChI is InChI=1S/C16H18BrF3N2O/c1-10(11-2-4-13(5-3-11)16(18,19)20)22-7-6-12(9-22)14-8-15(17)21-23-14/h2-5,10,12,14H,6-9H2,1H3/t10?,12-,14+/m1/s1. The average molecular weight is 391 g/mol. The zero-order chi connectivity index (χ0) is 16.6. The highest BCUT2D eigenvalue weighted by Gasteiger charge is 2.36. The maximum absolute atomic E-state index is 12.6. The number of rotatable bonds is 3. The van der Waals surface area contributed by atoms with E-state index in [-0.39, 0.29) is 12.1 Å². The molecule has 126 valence electrons. The van der Waals surface area contributed by atoms with E-state index < -0.39 is 11.7 Å². The van der Waals surface area contributed by atoms with Gasteiger partial charge in [-0.05, 0) is 53.5 Å². The number of nitrogens with zero attached hydrogens (tertiary/aromatic N) is 2. The summed E-state index contributed by atoms with van der Waals surface area (Å²) in [5.74, 6) is 0.408. The van der Waals surface area contributed by atoms with Crippen LogP contribution in [0.2, 0.25) is 0 Å². The second kappa shape index (κ2) is 6.43. The van der Waals surface area contributed by atoms with Gasteiger partial charge in [0.15, 0.2) is 0 Å². The number of hydrogen-bond acceptors (Lipinski definition) is 3. The summed E-state index contributed by atoms with van der Waals surface area (Å²) in [6, 6.07) is 5.56. The number of oxime groups is 1. The number of halogens is 4. The molecule has 1 saturated heterocycles. The maximum atomic E-state index is 12.6. The van der Waals surface area contributed by atoms with Crippen molar-refractivity contribution in [2.75, 3.05) is 13.1 Å². The number of hydrogen-bond donors (Lipinski definition) is 0. The van der Waals surface area contributed by atoms with Gasteiger partial charge in [-0.3, -0.25) is 4.90 Å². The lowest BCUT2D eigenvalue weighted by Crippen LogP contribution is -2.28. The van der Waals surface area contributed by atoms with Gasteiger partial charge in [-0.1, -0.05) is 17.3 Å². The summed E-state index contributed by atoms with van der Waals surface area (Å²) < 4.78 is 38.8. The van der Waals surface area contributed by atoms with Crippen molar-refractivity contribution in [3.63, 3.8) is 0 Å². The lowest BCUT2D eigenvalue weighted by Gasteiger charge is -2.25. The van der Waals surface area contributed by atoms with E-state index in [9.17, 15) is 13.2 Å². The third-order valence-corrected chi connectivity index (χ3v) is 5.18. The van der Waals surface area contributed by atoms with Crippen molar-refractivity contribution < 1.29 is 18.0 Å². The zero-order valence-electron chi connectivity index (χ0n) is 12.7. The van der Waals surface area contributed by atoms with E-state index in [1.165, 1.54) is 0 Å². The summed E-state index contributed by atoms with van der Waals surface area (Å²) in [6.07, 6.45) is -2.36. The van der Waals surface area contributed by atoms with Crippen molar-refractivity contribution in [1.82, 2.24) is 4.90 Å². The molecule has 0 spiro atoms. The van der Waals surface area contributed by atoms with E-state index in [4.69, 9.17) is 4.84 Å². The second-order valence-electron chi connectivity index (χ2n) is 6.15. The van der Waals surface area contributed by atoms with Crippen LogP contribution < -0.4 is 0 Å². The summed E-state index contributed by atoms with van der Waals surface area (Å²) in [5.41, 5.74) is 0.303. The SMILES string of the molecule is CC(c1ccc(C(F)(F)F)cc1)N1CC[C@@H]([C@@H]2CC(Br)=NO2)C1. The normalized spacial score (nSPS) is 26.9. The Morgan fingerprint density at radius 3 is 2.57 bits per heavy atom. The van der Waals surface area contributed by atoms with E-state index in [1.807, 2.05) is 6.92 Å². The van der Waals surface area contributed by atoms with Gasteiger partial charge >= 0.3 is 6.18 Å². The molecule has 0 bridgehead atoms. The van der Waals surface area contributed by atoms with Crippen molar-refractivity contribution in [1.29, 1.82) is 0 Å². The maximum Gasteiger partial charge on any atom is 0.416 e. The van der Waals surface area contributed by atoms with Crippen LogP contribution in [0.3, 0.4) is 0 Å². The van der Waals surface area contributed by atoms with Gasteiger partial charge in [0.2, 0.25) is 0 Å². The Kier molecular flexibility index (Phi) is 4.69. The van der Waals surface area contributed by atoms with Gasteiger partial charge in [-0.25, -0.2) is 0 Å². The Morgan fingerprint density at radius 1 is 1.30 bits per heavy atom. The lowest BCUT2D eigenvalue weighted by atomic mass is 9.99. The molecule has 3 atom stereocenters. The van der Waals surface area contributed by atoms with Crippen LogP contribution in [0.15, 0.2) is 29.4 Å². The second-order valence-corrected chi connectivity index (χ2v) is 7.07. The Bertz CT molecular complexity index is 588. The fourth-order valence-corrected chi connectivity index (χ4v) is 3.65. The number of alkyl halides is 3. The molecule has 1 fully saturated rings. The summed E-state index contributed by atoms with van der Waals surface area (Å²) in [4.78, 5) is 7.72. The first kappa shape index (κ1) is 16.8. The predicted molar refractivity (Wildman–Crippen MR) is 85.4 cm³/mol. The fraction of sp³-hybridized carbons (Fsp3) is 0.562. The summed E-state index contributed by atoms with van der Waals surface area (Å²) in [5, 5.41) is 3.93. The largest absolute Gasteiger partial charge is 0.416 e. The van der Waals surface area contributed by atoms with E-state index in [1.54, 1.807) is 12.1 Å². The average Bonchev–Trinajstić information content (AvgIpc) is 3.14. The molecule has 1 unspecified atom stereocenters. The lowest BCUT2D eigenvalue weighted by molar-refractivity contribution is -0.137. The van der Waals surface area contributed by atoms with Crippen molar-refractivity contribution >= 4 is 20.6 Å². The molecule has 7 heteroatoms. The minimum atomic E-state index is -4.28. The summed E-state index contributed by atoms with van der Waals surface area (Å²) in [6.45, 7) is 3.83. The van der Waals surface area contributed by atoms with Crippen LogP contribution in [0.4, 0.5) is 13.2 Å². The predicted octanol–water partition coefficient (Wildman–Crippen LogP) is 4.59. The summed E-state index contributed by atoms with van der Waals surface area (Å²) in [7, 11) is 0. The van der Waals surface area contributed by atoms with Gasteiger partial charge in [0.25, 0.3) is 0 Å². The van der Waals surface area contributed by atoms with Gasteiger partial charge in [0.05, 0.1) is 5.56 Å². The van der Waals surface area contributed by atoms with Gasteiger partial charge in [0.1, 0.15) is 10.7 Å². The molecular weight excluding hydrogens is 373 g/mol. The third kappa shape index (κ3) is 3.71. The first-order chi connectivity index (χ1) is 10.8. The smallest absolute Gasteiger partial charge is 0.391 e. The molecule has 3 nitrogen and oxygen atoms in total. The van der Waals surface area contributed by atoms with E-state index in [2.05, 4.69) is 26.0 Å². The Morgan fingerprint density at radius 2 is 2.00 bits per heavy atom. The molecule has 0 aromatic heterocycles. The van der Waals surface area contributed by atoms with Crippen LogP contribution in [-0.2, 0) is 11.0 Å². The Hall–Kier alpha value is -1.08. The Labute approximate surface area is 141 Å². The van der Waals surface area contributed by atoms with Gasteiger partial charge in [-0.2, -0.15) is 13.2 Å². The molecule has 1 aromatic rings. The highest BCUT2D eigenvalue weighted by atomic mass is 79.9. The van der Waals surface area contributed by atoms with Crippen molar-refractivity contribution in [3.05, 3.63) is 35.4 Å². The minimum absolute atomic E-state index is 0.0908. The van der Waals surface area contributed by atoms with Crippen molar-refractivity contribution in [3.8, 4) is 0 Å². The summed E-state index contributed by atoms with van der Waals surface area (Å²) >= 11 is 3.35. The van der Waals surface area contributed by atoms with Crippen LogP contribution >= 0.6 is 15.9 Å². The molecule has 0 amide bonds. The monoisotopic (exact) mass is 390 g/mol. The number of benzene rings is 1. The highest BCUT2D eigenvalue weighted by molar-refractivity contribution is 9.18. The van der Waals surface area contributed by atoms with Gasteiger partial charge in [0, 0.05) is 24.9 Å². The molecule has 2 aliphatic heterocycles. The molecule has 0 aliphatic carbocycles. The zero-order valence-corrected chi connectivity index (χ0v) is 14.3. The van der Waals surface area contributed by atoms with Crippen molar-refractivity contribution in [2.45, 2.75) is 38.1 Å². The molecule has 2 heterocycles. The first-order valence-corrected chi connectivity index (χ1v) is 8.43. The molecule has 0 N–H and O–H groups in total.